The fourth-order valence-corrected chi connectivity index (χ4v) is 2.10. The molecule has 6 nitrogen and oxygen atoms in total. The van der Waals surface area contributed by atoms with Crippen molar-refractivity contribution in [1.29, 1.82) is 0 Å². The summed E-state index contributed by atoms with van der Waals surface area (Å²) in [5.41, 5.74) is 2.76. The molecule has 0 radical (unpaired) electrons. The van der Waals surface area contributed by atoms with Crippen molar-refractivity contribution in [3.8, 4) is 5.75 Å². The van der Waals surface area contributed by atoms with Crippen LogP contribution in [-0.2, 0) is 13.0 Å². The molecule has 2 aromatic rings. The fraction of sp³-hybridized carbons (Fsp3) is 0.250. The Labute approximate surface area is 128 Å². The van der Waals surface area contributed by atoms with Crippen molar-refractivity contribution in [2.75, 3.05) is 19.0 Å². The Bertz CT molecular complexity index is 641. The predicted octanol–water partition coefficient (Wildman–Crippen LogP) is 2.75. The quantitative estimate of drug-likeness (QED) is 0.607. The van der Waals surface area contributed by atoms with Gasteiger partial charge < -0.3 is 15.2 Å². The van der Waals surface area contributed by atoms with E-state index in [1.807, 2.05) is 24.3 Å². The highest BCUT2D eigenvalue weighted by molar-refractivity contribution is 5.58. The van der Waals surface area contributed by atoms with Crippen molar-refractivity contribution in [2.45, 2.75) is 13.0 Å². The summed E-state index contributed by atoms with van der Waals surface area (Å²) >= 11 is 0. The molecule has 0 aliphatic rings. The Morgan fingerprint density at radius 2 is 1.86 bits per heavy atom. The Morgan fingerprint density at radius 1 is 1.18 bits per heavy atom. The van der Waals surface area contributed by atoms with E-state index in [0.29, 0.717) is 6.54 Å². The number of nitro groups is 1. The van der Waals surface area contributed by atoms with Crippen LogP contribution >= 0.6 is 0 Å². The van der Waals surface area contributed by atoms with Gasteiger partial charge in [-0.2, -0.15) is 0 Å². The number of nitrogens with one attached hydrogen (secondary N) is 1. The number of nitro benzene ring substituents is 1. The largest absolute Gasteiger partial charge is 0.490 e. The number of aliphatic hydroxyl groups is 1. The van der Waals surface area contributed by atoms with E-state index in [9.17, 15) is 10.1 Å². The van der Waals surface area contributed by atoms with Crippen molar-refractivity contribution >= 4 is 11.4 Å². The molecule has 0 aromatic heterocycles. The maximum absolute atomic E-state index is 10.8. The Hall–Kier alpha value is -2.60. The minimum Gasteiger partial charge on any atom is -0.490 e. The lowest BCUT2D eigenvalue weighted by Gasteiger charge is -2.09. The third-order valence-corrected chi connectivity index (χ3v) is 3.32. The van der Waals surface area contributed by atoms with E-state index < -0.39 is 4.92 Å². The van der Waals surface area contributed by atoms with Crippen LogP contribution in [0.1, 0.15) is 11.1 Å². The second-order valence-corrected chi connectivity index (χ2v) is 4.80. The summed E-state index contributed by atoms with van der Waals surface area (Å²) in [6.07, 6.45) is 0.811. The average Bonchev–Trinajstić information content (AvgIpc) is 2.55. The van der Waals surface area contributed by atoms with E-state index in [1.54, 1.807) is 12.1 Å². The molecule has 0 atom stereocenters. The normalized spacial score (nSPS) is 10.3. The van der Waals surface area contributed by atoms with Gasteiger partial charge in [-0.25, -0.2) is 0 Å². The molecule has 0 amide bonds. The van der Waals surface area contributed by atoms with Gasteiger partial charge in [-0.15, -0.1) is 0 Å². The number of rotatable bonds is 7. The van der Waals surface area contributed by atoms with Crippen LogP contribution in [0.4, 0.5) is 11.4 Å². The van der Waals surface area contributed by atoms with Gasteiger partial charge in [-0.05, 0) is 23.6 Å². The highest BCUT2D eigenvalue weighted by Gasteiger charge is 2.14. The summed E-state index contributed by atoms with van der Waals surface area (Å²) < 4.78 is 5.03. The zero-order valence-electron chi connectivity index (χ0n) is 12.3. The average molecular weight is 302 g/mol. The van der Waals surface area contributed by atoms with Gasteiger partial charge in [0.25, 0.3) is 0 Å². The molecule has 6 heteroatoms. The summed E-state index contributed by atoms with van der Waals surface area (Å²) in [5, 5.41) is 23.0. The summed E-state index contributed by atoms with van der Waals surface area (Å²) in [4.78, 5) is 10.4. The smallest absolute Gasteiger partial charge is 0.311 e. The number of aliphatic hydroxyl groups excluding tert-OH is 1. The summed E-state index contributed by atoms with van der Waals surface area (Å²) in [6.45, 7) is 0.737. The molecule has 0 aliphatic heterocycles. The van der Waals surface area contributed by atoms with Gasteiger partial charge >= 0.3 is 5.69 Å². The maximum atomic E-state index is 10.8. The van der Waals surface area contributed by atoms with Gasteiger partial charge in [0.15, 0.2) is 5.75 Å². The minimum atomic E-state index is -0.467. The molecule has 2 rings (SSSR count). The van der Waals surface area contributed by atoms with Crippen LogP contribution < -0.4 is 10.1 Å². The molecule has 0 saturated carbocycles. The first-order chi connectivity index (χ1) is 10.6. The molecule has 22 heavy (non-hydrogen) atoms. The molecule has 0 fully saturated rings. The van der Waals surface area contributed by atoms with Gasteiger partial charge in [0.2, 0.25) is 0 Å². The number of ether oxygens (including phenoxy) is 1. The summed E-state index contributed by atoms with van der Waals surface area (Å²) in [7, 11) is 1.41. The van der Waals surface area contributed by atoms with Crippen LogP contribution in [0.5, 0.6) is 5.75 Å². The van der Waals surface area contributed by atoms with Crippen LogP contribution in [0.3, 0.4) is 0 Å². The summed E-state index contributed by atoms with van der Waals surface area (Å²) in [5.74, 6) is 0.238. The molecule has 0 heterocycles. The molecule has 0 bridgehead atoms. The first-order valence-corrected chi connectivity index (χ1v) is 6.89. The fourth-order valence-electron chi connectivity index (χ4n) is 2.10. The van der Waals surface area contributed by atoms with Gasteiger partial charge in [0.1, 0.15) is 0 Å². The van der Waals surface area contributed by atoms with E-state index in [1.165, 1.54) is 13.2 Å². The highest BCUT2D eigenvalue weighted by atomic mass is 16.6. The second kappa shape index (κ2) is 7.42. The zero-order chi connectivity index (χ0) is 15.9. The number of methoxy groups -OCH3 is 1. The van der Waals surface area contributed by atoms with Crippen molar-refractivity contribution in [1.82, 2.24) is 0 Å². The van der Waals surface area contributed by atoms with Crippen molar-refractivity contribution in [2.24, 2.45) is 0 Å². The zero-order valence-corrected chi connectivity index (χ0v) is 12.3. The van der Waals surface area contributed by atoms with E-state index in [0.717, 1.165) is 23.2 Å². The number of hydrogen-bond acceptors (Lipinski definition) is 5. The summed E-state index contributed by atoms with van der Waals surface area (Å²) in [6, 6.07) is 12.4. The van der Waals surface area contributed by atoms with Crippen LogP contribution in [0.2, 0.25) is 0 Å². The van der Waals surface area contributed by atoms with Crippen LogP contribution in [0.15, 0.2) is 42.5 Å². The van der Waals surface area contributed by atoms with Crippen molar-refractivity contribution in [3.05, 3.63) is 63.7 Å². The third-order valence-electron chi connectivity index (χ3n) is 3.32. The van der Waals surface area contributed by atoms with Crippen LogP contribution in [0.25, 0.3) is 0 Å². The van der Waals surface area contributed by atoms with Crippen molar-refractivity contribution in [3.63, 3.8) is 0 Å². The minimum absolute atomic E-state index is 0.0428. The van der Waals surface area contributed by atoms with Crippen molar-refractivity contribution < 1.29 is 14.8 Å². The molecule has 2 N–H and O–H groups in total. The van der Waals surface area contributed by atoms with Gasteiger partial charge in [-0.3, -0.25) is 10.1 Å². The predicted molar refractivity (Wildman–Crippen MR) is 84.2 cm³/mol. The van der Waals surface area contributed by atoms with E-state index in [-0.39, 0.29) is 18.0 Å². The topological polar surface area (TPSA) is 84.6 Å². The first kappa shape index (κ1) is 15.8. The second-order valence-electron chi connectivity index (χ2n) is 4.80. The highest BCUT2D eigenvalue weighted by Crippen LogP contribution is 2.29. The molecule has 0 aliphatic carbocycles. The lowest BCUT2D eigenvalue weighted by molar-refractivity contribution is -0.385. The standard InChI is InChI=1S/C16H18N2O4/c1-22-16-10-14(6-7-15(16)18(20)21)17-9-8-12-2-4-13(11-19)5-3-12/h2-7,10,17,19H,8-9,11H2,1H3. The number of hydrogen-bond donors (Lipinski definition) is 2. The van der Waals surface area contributed by atoms with E-state index in [4.69, 9.17) is 9.84 Å². The lowest BCUT2D eigenvalue weighted by atomic mass is 10.1. The van der Waals surface area contributed by atoms with Crippen LogP contribution in [-0.4, -0.2) is 23.7 Å². The maximum Gasteiger partial charge on any atom is 0.311 e. The SMILES string of the molecule is COc1cc(NCCc2ccc(CO)cc2)ccc1[N+](=O)[O-]. The van der Waals surface area contributed by atoms with Gasteiger partial charge in [0.05, 0.1) is 18.6 Å². The molecule has 0 saturated heterocycles. The Balaban J connectivity index is 1.95. The van der Waals surface area contributed by atoms with Gasteiger partial charge in [0, 0.05) is 24.4 Å². The van der Waals surface area contributed by atoms with E-state index >= 15 is 0 Å². The number of benzene rings is 2. The molecule has 2 aromatic carbocycles. The first-order valence-electron chi connectivity index (χ1n) is 6.89. The van der Waals surface area contributed by atoms with Crippen LogP contribution in [0, 0.1) is 10.1 Å². The third kappa shape index (κ3) is 3.95. The monoisotopic (exact) mass is 302 g/mol. The molecular formula is C16H18N2O4. The lowest BCUT2D eigenvalue weighted by Crippen LogP contribution is -2.05. The number of anilines is 1. The molecule has 0 spiro atoms. The Morgan fingerprint density at radius 3 is 2.45 bits per heavy atom. The molecule has 0 unspecified atom stereocenters. The Kier molecular flexibility index (Phi) is 5.32. The van der Waals surface area contributed by atoms with Gasteiger partial charge in [-0.1, -0.05) is 24.3 Å². The molecular weight excluding hydrogens is 284 g/mol. The van der Waals surface area contributed by atoms with E-state index in [2.05, 4.69) is 5.32 Å². The number of nitrogens with zero attached hydrogens (tertiary/aromatic N) is 1. The molecule has 116 valence electrons.